The standard InChI is InChI=1S/C19H23NO3/c1-3-23-19(22)17(18(21)16-12-8-5-9-13-16)20(2)14-15-10-6-4-7-11-15/h4-13,17-18,21H,3,14H2,1-2H3/t17-,18+/m0/s1. The molecule has 0 aliphatic rings. The van der Waals surface area contributed by atoms with Gasteiger partial charge in [-0.3, -0.25) is 9.69 Å². The molecule has 0 heterocycles. The zero-order chi connectivity index (χ0) is 16.7. The van der Waals surface area contributed by atoms with Crippen molar-refractivity contribution >= 4 is 5.97 Å². The van der Waals surface area contributed by atoms with Crippen LogP contribution in [0, 0.1) is 0 Å². The fraction of sp³-hybridized carbons (Fsp3) is 0.316. The molecule has 0 aliphatic carbocycles. The SMILES string of the molecule is CCOC(=O)[C@H]([C@H](O)c1ccccc1)N(C)Cc1ccccc1. The van der Waals surface area contributed by atoms with Crippen molar-refractivity contribution in [2.24, 2.45) is 0 Å². The van der Waals surface area contributed by atoms with E-state index in [-0.39, 0.29) is 6.61 Å². The fourth-order valence-corrected chi connectivity index (χ4v) is 2.58. The van der Waals surface area contributed by atoms with E-state index in [9.17, 15) is 9.90 Å². The molecule has 0 saturated carbocycles. The van der Waals surface area contributed by atoms with Gasteiger partial charge >= 0.3 is 5.97 Å². The van der Waals surface area contributed by atoms with Gasteiger partial charge in [-0.15, -0.1) is 0 Å². The number of ether oxygens (including phenoxy) is 1. The first-order valence-corrected chi connectivity index (χ1v) is 7.77. The Morgan fingerprint density at radius 1 is 1.09 bits per heavy atom. The molecule has 0 fully saturated rings. The van der Waals surface area contributed by atoms with Gasteiger partial charge in [-0.2, -0.15) is 0 Å². The van der Waals surface area contributed by atoms with Crippen molar-refractivity contribution in [3.05, 3.63) is 71.8 Å². The molecule has 23 heavy (non-hydrogen) atoms. The maximum Gasteiger partial charge on any atom is 0.326 e. The van der Waals surface area contributed by atoms with Gasteiger partial charge in [0.2, 0.25) is 0 Å². The van der Waals surface area contributed by atoms with Crippen molar-refractivity contribution in [2.75, 3.05) is 13.7 Å². The molecule has 2 aromatic carbocycles. The van der Waals surface area contributed by atoms with Crippen LogP contribution >= 0.6 is 0 Å². The van der Waals surface area contributed by atoms with Crippen LogP contribution < -0.4 is 0 Å². The molecule has 0 saturated heterocycles. The van der Waals surface area contributed by atoms with Gasteiger partial charge in [0, 0.05) is 6.54 Å². The molecular formula is C19H23NO3. The van der Waals surface area contributed by atoms with Crippen LogP contribution in [0.15, 0.2) is 60.7 Å². The Labute approximate surface area is 137 Å². The molecule has 0 amide bonds. The van der Waals surface area contributed by atoms with Crippen LogP contribution in [0.5, 0.6) is 0 Å². The van der Waals surface area contributed by atoms with Crippen LogP contribution in [-0.2, 0) is 16.1 Å². The Bertz CT molecular complexity index is 601. The highest BCUT2D eigenvalue weighted by atomic mass is 16.5. The number of hydrogen-bond donors (Lipinski definition) is 1. The van der Waals surface area contributed by atoms with Gasteiger partial charge in [0.15, 0.2) is 0 Å². The second-order valence-corrected chi connectivity index (χ2v) is 5.45. The van der Waals surface area contributed by atoms with E-state index in [1.165, 1.54) is 0 Å². The van der Waals surface area contributed by atoms with Crippen LogP contribution in [-0.4, -0.2) is 35.7 Å². The highest BCUT2D eigenvalue weighted by Crippen LogP contribution is 2.22. The topological polar surface area (TPSA) is 49.8 Å². The second kappa shape index (κ2) is 8.46. The lowest BCUT2D eigenvalue weighted by molar-refractivity contribution is -0.154. The summed E-state index contributed by atoms with van der Waals surface area (Å²) in [5, 5.41) is 10.7. The smallest absolute Gasteiger partial charge is 0.326 e. The molecule has 0 radical (unpaired) electrons. The van der Waals surface area contributed by atoms with E-state index in [4.69, 9.17) is 4.74 Å². The number of carbonyl (C=O) groups is 1. The van der Waals surface area contributed by atoms with E-state index in [2.05, 4.69) is 0 Å². The van der Waals surface area contributed by atoms with Crippen molar-refractivity contribution in [2.45, 2.75) is 25.6 Å². The first-order valence-electron chi connectivity index (χ1n) is 7.77. The summed E-state index contributed by atoms with van der Waals surface area (Å²) in [6.45, 7) is 2.60. The minimum absolute atomic E-state index is 0.288. The van der Waals surface area contributed by atoms with E-state index in [1.807, 2.05) is 72.6 Å². The van der Waals surface area contributed by atoms with E-state index >= 15 is 0 Å². The van der Waals surface area contributed by atoms with E-state index in [0.29, 0.717) is 12.1 Å². The van der Waals surface area contributed by atoms with E-state index < -0.39 is 18.1 Å². The summed E-state index contributed by atoms with van der Waals surface area (Å²) in [7, 11) is 1.82. The molecule has 2 rings (SSSR count). The molecule has 2 aromatic rings. The van der Waals surface area contributed by atoms with Crippen LogP contribution in [0.25, 0.3) is 0 Å². The zero-order valence-electron chi connectivity index (χ0n) is 13.6. The lowest BCUT2D eigenvalue weighted by Crippen LogP contribution is -2.43. The van der Waals surface area contributed by atoms with Crippen LogP contribution in [0.1, 0.15) is 24.2 Å². The molecule has 122 valence electrons. The number of aliphatic hydroxyl groups excluding tert-OH is 1. The molecule has 4 heteroatoms. The number of esters is 1. The molecule has 0 aliphatic heterocycles. The summed E-state index contributed by atoms with van der Waals surface area (Å²) in [5.41, 5.74) is 1.77. The Morgan fingerprint density at radius 3 is 2.22 bits per heavy atom. The van der Waals surface area contributed by atoms with Crippen molar-refractivity contribution in [3.63, 3.8) is 0 Å². The number of hydrogen-bond acceptors (Lipinski definition) is 4. The average Bonchev–Trinajstić information content (AvgIpc) is 2.57. The van der Waals surface area contributed by atoms with Crippen molar-refractivity contribution in [1.82, 2.24) is 4.90 Å². The second-order valence-electron chi connectivity index (χ2n) is 5.45. The quantitative estimate of drug-likeness (QED) is 0.799. The normalized spacial score (nSPS) is 13.6. The molecular weight excluding hydrogens is 290 g/mol. The summed E-state index contributed by atoms with van der Waals surface area (Å²) >= 11 is 0. The van der Waals surface area contributed by atoms with Crippen molar-refractivity contribution in [1.29, 1.82) is 0 Å². The number of nitrogens with zero attached hydrogens (tertiary/aromatic N) is 1. The van der Waals surface area contributed by atoms with Gasteiger partial charge < -0.3 is 9.84 Å². The average molecular weight is 313 g/mol. The minimum Gasteiger partial charge on any atom is -0.465 e. The molecule has 0 bridgehead atoms. The lowest BCUT2D eigenvalue weighted by atomic mass is 10.0. The molecule has 1 N–H and O–H groups in total. The van der Waals surface area contributed by atoms with Gasteiger partial charge in [0.05, 0.1) is 6.61 Å². The van der Waals surface area contributed by atoms with Crippen molar-refractivity contribution < 1.29 is 14.6 Å². The maximum atomic E-state index is 12.4. The molecule has 2 atom stereocenters. The van der Waals surface area contributed by atoms with Gasteiger partial charge in [-0.05, 0) is 25.1 Å². The molecule has 0 unspecified atom stereocenters. The third-order valence-electron chi connectivity index (χ3n) is 3.72. The summed E-state index contributed by atoms with van der Waals surface area (Å²) in [6.07, 6.45) is -0.941. The predicted molar refractivity (Wildman–Crippen MR) is 89.7 cm³/mol. The third-order valence-corrected chi connectivity index (χ3v) is 3.72. The number of carbonyl (C=O) groups excluding carboxylic acids is 1. The predicted octanol–water partition coefficient (Wildman–Crippen LogP) is 2.78. The molecule has 0 spiro atoms. The van der Waals surface area contributed by atoms with E-state index in [1.54, 1.807) is 6.92 Å². The highest BCUT2D eigenvalue weighted by Gasteiger charge is 2.33. The number of aliphatic hydroxyl groups is 1. The Hall–Kier alpha value is -2.17. The van der Waals surface area contributed by atoms with Gasteiger partial charge in [-0.1, -0.05) is 60.7 Å². The minimum atomic E-state index is -0.941. The number of benzene rings is 2. The van der Waals surface area contributed by atoms with Crippen LogP contribution in [0.2, 0.25) is 0 Å². The van der Waals surface area contributed by atoms with Crippen LogP contribution in [0.4, 0.5) is 0 Å². The van der Waals surface area contributed by atoms with Crippen LogP contribution in [0.3, 0.4) is 0 Å². The fourth-order valence-electron chi connectivity index (χ4n) is 2.58. The third kappa shape index (κ3) is 4.65. The number of likely N-dealkylation sites (N-methyl/N-ethyl adjacent to an activating group) is 1. The summed E-state index contributed by atoms with van der Waals surface area (Å²) in [5.74, 6) is -0.415. The zero-order valence-corrected chi connectivity index (χ0v) is 13.6. The van der Waals surface area contributed by atoms with E-state index in [0.717, 1.165) is 5.56 Å². The highest BCUT2D eigenvalue weighted by molar-refractivity contribution is 5.76. The Kier molecular flexibility index (Phi) is 6.32. The first-order chi connectivity index (χ1) is 11.1. The summed E-state index contributed by atoms with van der Waals surface area (Å²) in [4.78, 5) is 14.2. The first kappa shape index (κ1) is 17.2. The van der Waals surface area contributed by atoms with Gasteiger partial charge in [0.1, 0.15) is 12.1 Å². The monoisotopic (exact) mass is 313 g/mol. The Morgan fingerprint density at radius 2 is 1.65 bits per heavy atom. The summed E-state index contributed by atoms with van der Waals surface area (Å²) < 4.78 is 5.16. The van der Waals surface area contributed by atoms with Gasteiger partial charge in [-0.25, -0.2) is 0 Å². The van der Waals surface area contributed by atoms with Crippen molar-refractivity contribution in [3.8, 4) is 0 Å². The lowest BCUT2D eigenvalue weighted by Gasteiger charge is -2.30. The summed E-state index contributed by atoms with van der Waals surface area (Å²) in [6, 6.07) is 18.3. The largest absolute Gasteiger partial charge is 0.465 e. The Balaban J connectivity index is 2.21. The van der Waals surface area contributed by atoms with Gasteiger partial charge in [0.25, 0.3) is 0 Å². The maximum absolute atomic E-state index is 12.4. The number of rotatable bonds is 7. The molecule has 4 nitrogen and oxygen atoms in total. The molecule has 0 aromatic heterocycles.